The van der Waals surface area contributed by atoms with E-state index in [-0.39, 0.29) is 0 Å². The summed E-state index contributed by atoms with van der Waals surface area (Å²) in [5.74, 6) is 0. The van der Waals surface area contributed by atoms with E-state index < -0.39 is 0 Å². The average molecular weight is 240 g/mol. The summed E-state index contributed by atoms with van der Waals surface area (Å²) in [4.78, 5) is 16.0. The van der Waals surface area contributed by atoms with Gasteiger partial charge in [0.1, 0.15) is 0 Å². The summed E-state index contributed by atoms with van der Waals surface area (Å²) in [5, 5.41) is 2.05. The van der Waals surface area contributed by atoms with Crippen molar-refractivity contribution in [2.75, 3.05) is 32.1 Å². The molecule has 1 rings (SSSR count). The molecule has 0 N–H and O–H groups in total. The third-order valence-corrected chi connectivity index (χ3v) is 3.40. The molecule has 4 heteroatoms. The van der Waals surface area contributed by atoms with E-state index in [9.17, 15) is 4.79 Å². The highest BCUT2D eigenvalue weighted by Crippen LogP contribution is 2.23. The molecule has 0 fully saturated rings. The first kappa shape index (κ1) is 13.2. The number of carbonyl (C=O) groups excluding carboxylic acids is 1. The molecule has 0 amide bonds. The van der Waals surface area contributed by atoms with Crippen LogP contribution in [0.1, 0.15) is 23.5 Å². The molecular weight excluding hydrogens is 220 g/mol. The number of likely N-dealkylation sites (N-methyl/N-ethyl adjacent to an activating group) is 2. The molecule has 0 bridgehead atoms. The largest absolute Gasteiger partial charge is 0.367 e. The van der Waals surface area contributed by atoms with Crippen molar-refractivity contribution in [3.63, 3.8) is 0 Å². The van der Waals surface area contributed by atoms with E-state index in [4.69, 9.17) is 0 Å². The Labute approximate surface area is 102 Å². The molecule has 90 valence electrons. The van der Waals surface area contributed by atoms with Gasteiger partial charge in [-0.25, -0.2) is 0 Å². The van der Waals surface area contributed by atoms with E-state index >= 15 is 0 Å². The van der Waals surface area contributed by atoms with Crippen LogP contribution in [0.25, 0.3) is 0 Å². The van der Waals surface area contributed by atoms with Crippen LogP contribution in [0.3, 0.4) is 0 Å². The van der Waals surface area contributed by atoms with Gasteiger partial charge in [-0.2, -0.15) is 0 Å². The monoisotopic (exact) mass is 240 g/mol. The van der Waals surface area contributed by atoms with Gasteiger partial charge in [-0.05, 0) is 34.0 Å². The maximum Gasteiger partial charge on any atom is 0.160 e. The average Bonchev–Trinajstić information content (AvgIpc) is 2.66. The van der Waals surface area contributed by atoms with Crippen molar-refractivity contribution >= 4 is 23.3 Å². The highest BCUT2D eigenvalue weighted by molar-refractivity contribution is 7.12. The number of thiophene rings is 1. The number of anilines is 1. The lowest BCUT2D eigenvalue weighted by Gasteiger charge is -2.31. The first-order valence-corrected chi connectivity index (χ1v) is 6.41. The fraction of sp³-hybridized carbons (Fsp3) is 0.583. The Morgan fingerprint density at radius 1 is 1.50 bits per heavy atom. The van der Waals surface area contributed by atoms with E-state index in [0.717, 1.165) is 29.9 Å². The van der Waals surface area contributed by atoms with Crippen LogP contribution in [0, 0.1) is 0 Å². The van der Waals surface area contributed by atoms with Crippen molar-refractivity contribution in [1.82, 2.24) is 4.90 Å². The normalized spacial score (nSPS) is 12.8. The first-order valence-electron chi connectivity index (χ1n) is 5.53. The van der Waals surface area contributed by atoms with E-state index in [1.54, 1.807) is 0 Å². The van der Waals surface area contributed by atoms with Crippen molar-refractivity contribution in [2.45, 2.75) is 19.9 Å². The molecule has 0 aromatic carbocycles. The van der Waals surface area contributed by atoms with Gasteiger partial charge < -0.3 is 9.80 Å². The van der Waals surface area contributed by atoms with Crippen LogP contribution in [0.2, 0.25) is 0 Å². The molecule has 1 aromatic rings. The van der Waals surface area contributed by atoms with Gasteiger partial charge in [0.2, 0.25) is 0 Å². The van der Waals surface area contributed by atoms with Crippen LogP contribution < -0.4 is 4.90 Å². The lowest BCUT2D eigenvalue weighted by atomic mass is 10.2. The number of hydrogen-bond donors (Lipinski definition) is 0. The first-order chi connectivity index (χ1) is 7.58. The molecule has 1 atom stereocenters. The van der Waals surface area contributed by atoms with Gasteiger partial charge in [-0.1, -0.05) is 0 Å². The number of hydrogen-bond acceptors (Lipinski definition) is 4. The molecule has 0 saturated carbocycles. The Bertz CT molecular complexity index is 336. The molecule has 1 heterocycles. The van der Waals surface area contributed by atoms with Gasteiger partial charge >= 0.3 is 0 Å². The SMILES string of the molecule is CCN(c1csc(C=O)c1)C(C)CN(C)C. The van der Waals surface area contributed by atoms with E-state index in [1.807, 2.05) is 6.07 Å². The van der Waals surface area contributed by atoms with Crippen molar-refractivity contribution in [1.29, 1.82) is 0 Å². The fourth-order valence-corrected chi connectivity index (χ4v) is 2.63. The quantitative estimate of drug-likeness (QED) is 0.713. The second-order valence-electron chi connectivity index (χ2n) is 4.22. The second kappa shape index (κ2) is 6.01. The van der Waals surface area contributed by atoms with Gasteiger partial charge in [-0.3, -0.25) is 4.79 Å². The Morgan fingerprint density at radius 3 is 2.62 bits per heavy atom. The summed E-state index contributed by atoms with van der Waals surface area (Å²) < 4.78 is 0. The molecule has 3 nitrogen and oxygen atoms in total. The van der Waals surface area contributed by atoms with Gasteiger partial charge in [0.15, 0.2) is 6.29 Å². The maximum atomic E-state index is 10.7. The minimum absolute atomic E-state index is 0.453. The minimum Gasteiger partial charge on any atom is -0.367 e. The minimum atomic E-state index is 0.453. The smallest absolute Gasteiger partial charge is 0.160 e. The predicted molar refractivity (Wildman–Crippen MR) is 70.7 cm³/mol. The third-order valence-electron chi connectivity index (χ3n) is 2.56. The van der Waals surface area contributed by atoms with Crippen molar-refractivity contribution in [3.05, 3.63) is 16.3 Å². The van der Waals surface area contributed by atoms with E-state index in [1.165, 1.54) is 11.3 Å². The van der Waals surface area contributed by atoms with Crippen LogP contribution in [-0.2, 0) is 0 Å². The number of rotatable bonds is 6. The molecule has 0 radical (unpaired) electrons. The maximum absolute atomic E-state index is 10.7. The highest BCUT2D eigenvalue weighted by Gasteiger charge is 2.14. The van der Waals surface area contributed by atoms with E-state index in [2.05, 4.69) is 43.1 Å². The standard InChI is InChI=1S/C12H20N2OS/c1-5-14(10(2)7-13(3)4)11-6-12(8-15)16-9-11/h6,8-10H,5,7H2,1-4H3. The Balaban J connectivity index is 2.76. The van der Waals surface area contributed by atoms with Crippen molar-refractivity contribution in [2.24, 2.45) is 0 Å². The topological polar surface area (TPSA) is 23.6 Å². The molecule has 0 aliphatic rings. The molecule has 0 aliphatic heterocycles. The molecule has 1 unspecified atom stereocenters. The second-order valence-corrected chi connectivity index (χ2v) is 5.17. The number of aldehydes is 1. The van der Waals surface area contributed by atoms with Crippen LogP contribution in [0.5, 0.6) is 0 Å². The van der Waals surface area contributed by atoms with Crippen molar-refractivity contribution in [3.8, 4) is 0 Å². The molecule has 0 saturated heterocycles. The van der Waals surface area contributed by atoms with Crippen LogP contribution in [-0.4, -0.2) is 44.4 Å². The Kier molecular flexibility index (Phi) is 4.96. The zero-order valence-electron chi connectivity index (χ0n) is 10.4. The summed E-state index contributed by atoms with van der Waals surface area (Å²) in [6, 6.07) is 2.42. The predicted octanol–water partition coefficient (Wildman–Crippen LogP) is 2.34. The summed E-state index contributed by atoms with van der Waals surface area (Å²) >= 11 is 1.51. The number of nitrogens with zero attached hydrogens (tertiary/aromatic N) is 2. The van der Waals surface area contributed by atoms with Crippen LogP contribution in [0.4, 0.5) is 5.69 Å². The summed E-state index contributed by atoms with van der Waals surface area (Å²) in [6.07, 6.45) is 0.915. The van der Waals surface area contributed by atoms with Gasteiger partial charge in [0.25, 0.3) is 0 Å². The van der Waals surface area contributed by atoms with Gasteiger partial charge in [-0.15, -0.1) is 11.3 Å². The van der Waals surface area contributed by atoms with Crippen LogP contribution in [0.15, 0.2) is 11.4 Å². The highest BCUT2D eigenvalue weighted by atomic mass is 32.1. The molecule has 0 spiro atoms. The fourth-order valence-electron chi connectivity index (χ4n) is 1.93. The lowest BCUT2D eigenvalue weighted by Crippen LogP contribution is -2.39. The van der Waals surface area contributed by atoms with Crippen LogP contribution >= 0.6 is 11.3 Å². The summed E-state index contributed by atoms with van der Waals surface area (Å²) in [5.41, 5.74) is 1.16. The number of carbonyl (C=O) groups is 1. The van der Waals surface area contributed by atoms with Gasteiger partial charge in [0.05, 0.1) is 4.88 Å². The third kappa shape index (κ3) is 3.32. The van der Waals surface area contributed by atoms with Gasteiger partial charge in [0, 0.05) is 30.2 Å². The summed E-state index contributed by atoms with van der Waals surface area (Å²) in [7, 11) is 4.16. The Morgan fingerprint density at radius 2 is 2.19 bits per heavy atom. The summed E-state index contributed by atoms with van der Waals surface area (Å²) in [6.45, 7) is 6.33. The molecule has 1 aromatic heterocycles. The molecule has 16 heavy (non-hydrogen) atoms. The molecular formula is C12H20N2OS. The zero-order valence-corrected chi connectivity index (χ0v) is 11.3. The van der Waals surface area contributed by atoms with Crippen molar-refractivity contribution < 1.29 is 4.79 Å². The Hall–Kier alpha value is -0.870. The zero-order chi connectivity index (χ0) is 12.1. The molecule has 0 aliphatic carbocycles. The van der Waals surface area contributed by atoms with E-state index in [0.29, 0.717) is 6.04 Å². The lowest BCUT2D eigenvalue weighted by molar-refractivity contribution is 0.112.